The number of nitrogens with zero attached hydrogens (tertiary/aromatic N) is 1. The smallest absolute Gasteiger partial charge is 0.416 e. The molecule has 1 aromatic carbocycles. The van der Waals surface area contributed by atoms with E-state index in [0.717, 1.165) is 12.1 Å². The molecule has 0 radical (unpaired) electrons. The summed E-state index contributed by atoms with van der Waals surface area (Å²) in [4.78, 5) is 0. The van der Waals surface area contributed by atoms with Gasteiger partial charge in [-0.3, -0.25) is 0 Å². The number of hydrogen-bond acceptors (Lipinski definition) is 1. The average Bonchev–Trinajstić information content (AvgIpc) is 2.29. The number of aromatic nitrogens is 1. The van der Waals surface area contributed by atoms with Crippen LogP contribution in [0.4, 0.5) is 13.2 Å². The van der Waals surface area contributed by atoms with Crippen molar-refractivity contribution in [1.82, 2.24) is 0 Å². The summed E-state index contributed by atoms with van der Waals surface area (Å²) in [6, 6.07) is 9.25. The Kier molecular flexibility index (Phi) is 2.75. The fourth-order valence-corrected chi connectivity index (χ4v) is 1.48. The summed E-state index contributed by atoms with van der Waals surface area (Å²) in [7, 11) is 0. The highest BCUT2D eigenvalue weighted by Crippen LogP contribution is 2.30. The molecule has 0 saturated heterocycles. The van der Waals surface area contributed by atoms with Crippen molar-refractivity contribution < 1.29 is 17.9 Å². The van der Waals surface area contributed by atoms with E-state index in [1.54, 1.807) is 18.2 Å². The molecule has 0 spiro atoms. The highest BCUT2D eigenvalue weighted by Gasteiger charge is 2.30. The summed E-state index contributed by atoms with van der Waals surface area (Å²) in [6.07, 6.45) is -3.06. The predicted octanol–water partition coefficient (Wildman–Crippen LogP) is 3.01. The molecular weight excluding hydrogens is 231 g/mol. The van der Waals surface area contributed by atoms with Gasteiger partial charge in [-0.25, -0.2) is 0 Å². The molecule has 2 nitrogen and oxygen atoms in total. The Labute approximate surface area is 95.5 Å². The van der Waals surface area contributed by atoms with Crippen LogP contribution in [0, 0.1) is 5.21 Å². The first-order valence-corrected chi connectivity index (χ1v) is 4.84. The maximum absolute atomic E-state index is 12.3. The number of alkyl halides is 3. The van der Waals surface area contributed by atoms with E-state index in [1.807, 2.05) is 0 Å². The zero-order valence-corrected chi connectivity index (χ0v) is 8.61. The van der Waals surface area contributed by atoms with Gasteiger partial charge in [0.15, 0.2) is 6.20 Å². The van der Waals surface area contributed by atoms with E-state index in [2.05, 4.69) is 0 Å². The number of hydrogen-bond donors (Lipinski definition) is 0. The van der Waals surface area contributed by atoms with Gasteiger partial charge in [-0.1, -0.05) is 0 Å². The highest BCUT2D eigenvalue weighted by molar-refractivity contribution is 5.56. The van der Waals surface area contributed by atoms with E-state index >= 15 is 0 Å². The van der Waals surface area contributed by atoms with Crippen LogP contribution in [-0.4, -0.2) is 0 Å². The van der Waals surface area contributed by atoms with Gasteiger partial charge in [-0.05, 0) is 30.3 Å². The van der Waals surface area contributed by atoms with Crippen molar-refractivity contribution in [2.75, 3.05) is 0 Å². The van der Waals surface area contributed by atoms with Crippen molar-refractivity contribution in [2.24, 2.45) is 0 Å². The monoisotopic (exact) mass is 239 g/mol. The van der Waals surface area contributed by atoms with Gasteiger partial charge in [0.1, 0.15) is 0 Å². The first kappa shape index (κ1) is 11.4. The first-order valence-electron chi connectivity index (χ1n) is 4.84. The zero-order valence-electron chi connectivity index (χ0n) is 8.61. The van der Waals surface area contributed by atoms with E-state index in [-0.39, 0.29) is 0 Å². The maximum Gasteiger partial charge on any atom is 0.416 e. The third-order valence-corrected chi connectivity index (χ3v) is 2.33. The summed E-state index contributed by atoms with van der Waals surface area (Å²) < 4.78 is 37.6. The molecule has 0 bridgehead atoms. The van der Waals surface area contributed by atoms with Gasteiger partial charge in [0.25, 0.3) is 0 Å². The van der Waals surface area contributed by atoms with Crippen LogP contribution in [0.3, 0.4) is 0 Å². The number of rotatable bonds is 1. The minimum absolute atomic E-state index is 0.321. The number of pyridine rings is 1. The first-order chi connectivity index (χ1) is 7.98. The summed E-state index contributed by atoms with van der Waals surface area (Å²) in [5.74, 6) is 0. The molecule has 0 N–H and O–H groups in total. The third-order valence-electron chi connectivity index (χ3n) is 2.33. The van der Waals surface area contributed by atoms with Crippen LogP contribution < -0.4 is 4.73 Å². The third kappa shape index (κ3) is 2.38. The quantitative estimate of drug-likeness (QED) is 0.555. The van der Waals surface area contributed by atoms with Crippen molar-refractivity contribution in [1.29, 1.82) is 0 Å². The molecule has 88 valence electrons. The molecule has 0 aliphatic carbocycles. The van der Waals surface area contributed by atoms with Crippen LogP contribution in [0.5, 0.6) is 0 Å². The molecule has 0 aliphatic rings. The van der Waals surface area contributed by atoms with Gasteiger partial charge < -0.3 is 5.21 Å². The molecule has 1 aromatic heterocycles. The molecule has 1 heterocycles. The molecule has 0 saturated carbocycles. The topological polar surface area (TPSA) is 26.9 Å². The second kappa shape index (κ2) is 4.08. The Hall–Kier alpha value is -2.04. The molecule has 2 aromatic rings. The Balaban J connectivity index is 2.40. The molecule has 5 heteroatoms. The van der Waals surface area contributed by atoms with E-state index in [4.69, 9.17) is 0 Å². The van der Waals surface area contributed by atoms with Crippen LogP contribution in [0.1, 0.15) is 5.56 Å². The molecule has 0 amide bonds. The Morgan fingerprint density at radius 1 is 0.941 bits per heavy atom. The molecule has 0 aliphatic heterocycles. The lowest BCUT2D eigenvalue weighted by Gasteiger charge is -2.07. The number of benzene rings is 1. The SMILES string of the molecule is [O-][n+]1ccccc1-c1ccc(C(F)(F)F)cc1. The largest absolute Gasteiger partial charge is 0.618 e. The normalized spacial score (nSPS) is 11.5. The molecule has 0 unspecified atom stereocenters. The van der Waals surface area contributed by atoms with Gasteiger partial charge >= 0.3 is 6.18 Å². The lowest BCUT2D eigenvalue weighted by atomic mass is 10.1. The van der Waals surface area contributed by atoms with Crippen LogP contribution in [0.15, 0.2) is 48.7 Å². The van der Waals surface area contributed by atoms with E-state index < -0.39 is 11.7 Å². The fraction of sp³-hybridized carbons (Fsp3) is 0.0833. The van der Waals surface area contributed by atoms with Gasteiger partial charge in [-0.2, -0.15) is 17.9 Å². The van der Waals surface area contributed by atoms with E-state index in [0.29, 0.717) is 16.0 Å². The highest BCUT2D eigenvalue weighted by atomic mass is 19.4. The second-order valence-corrected chi connectivity index (χ2v) is 3.49. The minimum atomic E-state index is -4.36. The van der Waals surface area contributed by atoms with Crippen LogP contribution in [0.2, 0.25) is 0 Å². The van der Waals surface area contributed by atoms with Gasteiger partial charge in [0.05, 0.1) is 5.56 Å². The molecule has 2 rings (SSSR count). The zero-order chi connectivity index (χ0) is 12.5. The minimum Gasteiger partial charge on any atom is -0.618 e. The van der Waals surface area contributed by atoms with Crippen molar-refractivity contribution in [3.63, 3.8) is 0 Å². The number of halogens is 3. The average molecular weight is 239 g/mol. The van der Waals surface area contributed by atoms with Gasteiger partial charge in [-0.15, -0.1) is 0 Å². The van der Waals surface area contributed by atoms with Crippen molar-refractivity contribution in [2.45, 2.75) is 6.18 Å². The van der Waals surface area contributed by atoms with Crippen LogP contribution in [0.25, 0.3) is 11.3 Å². The van der Waals surface area contributed by atoms with E-state index in [9.17, 15) is 18.4 Å². The van der Waals surface area contributed by atoms with Crippen LogP contribution in [-0.2, 0) is 6.18 Å². The van der Waals surface area contributed by atoms with Gasteiger partial charge in [0.2, 0.25) is 5.69 Å². The predicted molar refractivity (Wildman–Crippen MR) is 55.8 cm³/mol. The summed E-state index contributed by atoms with van der Waals surface area (Å²) >= 11 is 0. The molecule has 17 heavy (non-hydrogen) atoms. The molecule has 0 fully saturated rings. The second-order valence-electron chi connectivity index (χ2n) is 3.49. The molecule has 0 atom stereocenters. The molecular formula is C12H8F3NO. The Bertz CT molecular complexity index is 520. The van der Waals surface area contributed by atoms with E-state index in [1.165, 1.54) is 18.3 Å². The Morgan fingerprint density at radius 2 is 1.59 bits per heavy atom. The lowest BCUT2D eigenvalue weighted by molar-refractivity contribution is -0.593. The van der Waals surface area contributed by atoms with Gasteiger partial charge in [0, 0.05) is 17.7 Å². The standard InChI is InChI=1S/C12H8F3NO/c13-12(14,15)10-6-4-9(5-7-10)11-3-1-2-8-16(11)17/h1-8H. The summed E-state index contributed by atoms with van der Waals surface area (Å²) in [6.45, 7) is 0. The van der Waals surface area contributed by atoms with Crippen LogP contribution >= 0.6 is 0 Å². The summed E-state index contributed by atoms with van der Waals surface area (Å²) in [5, 5.41) is 11.4. The Morgan fingerprint density at radius 3 is 2.12 bits per heavy atom. The fourth-order valence-electron chi connectivity index (χ4n) is 1.48. The van der Waals surface area contributed by atoms with Crippen molar-refractivity contribution in [3.05, 3.63) is 59.4 Å². The lowest BCUT2D eigenvalue weighted by Crippen LogP contribution is -2.27. The maximum atomic E-state index is 12.3. The van der Waals surface area contributed by atoms with Crippen molar-refractivity contribution in [3.8, 4) is 11.3 Å². The van der Waals surface area contributed by atoms with Crippen molar-refractivity contribution >= 4 is 0 Å². The summed E-state index contributed by atoms with van der Waals surface area (Å²) in [5.41, 5.74) is 0.0458.